The van der Waals surface area contributed by atoms with E-state index in [0.717, 1.165) is 36.0 Å². The van der Waals surface area contributed by atoms with Gasteiger partial charge in [-0.2, -0.15) is 0 Å². The molecule has 0 spiro atoms. The molecule has 2 aromatic carbocycles. The predicted molar refractivity (Wildman–Crippen MR) is 139 cm³/mol. The van der Waals surface area contributed by atoms with Gasteiger partial charge in [0.1, 0.15) is 12.6 Å². The van der Waals surface area contributed by atoms with E-state index in [2.05, 4.69) is 10.6 Å². The number of carboxylic acid groups (broad SMARTS) is 1. The molecule has 3 amide bonds. The molecular formula is C28H38N4O4. The summed E-state index contributed by atoms with van der Waals surface area (Å²) in [6.07, 6.45) is 6.92. The Bertz CT molecular complexity index is 975. The van der Waals surface area contributed by atoms with Gasteiger partial charge >= 0.3 is 12.0 Å². The lowest BCUT2D eigenvalue weighted by Crippen LogP contribution is -2.53. The van der Waals surface area contributed by atoms with E-state index in [1.54, 1.807) is 0 Å². The third-order valence-corrected chi connectivity index (χ3v) is 6.77. The van der Waals surface area contributed by atoms with Crippen molar-refractivity contribution in [2.24, 2.45) is 11.7 Å². The summed E-state index contributed by atoms with van der Waals surface area (Å²) in [5.41, 5.74) is 8.48. The van der Waals surface area contributed by atoms with Crippen LogP contribution >= 0.6 is 0 Å². The van der Waals surface area contributed by atoms with Gasteiger partial charge in [-0.1, -0.05) is 86.7 Å². The van der Waals surface area contributed by atoms with Crippen LogP contribution in [0.25, 0.3) is 0 Å². The maximum absolute atomic E-state index is 13.2. The normalized spacial score (nSPS) is 14.6. The average molecular weight is 495 g/mol. The molecule has 1 aliphatic carbocycles. The highest BCUT2D eigenvalue weighted by Gasteiger charge is 2.26. The first-order valence-corrected chi connectivity index (χ1v) is 12.8. The molecule has 8 nitrogen and oxygen atoms in total. The second kappa shape index (κ2) is 14.2. The molecule has 1 atom stereocenters. The van der Waals surface area contributed by atoms with Crippen LogP contribution in [0.3, 0.4) is 0 Å². The number of nitrogens with one attached hydrogen (secondary N) is 2. The van der Waals surface area contributed by atoms with E-state index >= 15 is 0 Å². The van der Waals surface area contributed by atoms with Crippen LogP contribution in [0.2, 0.25) is 0 Å². The number of hydrogen-bond acceptors (Lipinski definition) is 4. The van der Waals surface area contributed by atoms with Crippen molar-refractivity contribution in [3.8, 4) is 0 Å². The van der Waals surface area contributed by atoms with Crippen LogP contribution in [0.15, 0.2) is 54.6 Å². The van der Waals surface area contributed by atoms with Gasteiger partial charge in [-0.3, -0.25) is 9.59 Å². The third kappa shape index (κ3) is 9.00. The van der Waals surface area contributed by atoms with Crippen molar-refractivity contribution in [3.63, 3.8) is 0 Å². The summed E-state index contributed by atoms with van der Waals surface area (Å²) in [6.45, 7) is 0.721. The van der Waals surface area contributed by atoms with Crippen LogP contribution in [0.5, 0.6) is 0 Å². The molecule has 3 rings (SSSR count). The molecule has 2 aromatic rings. The molecule has 5 N–H and O–H groups in total. The number of carboxylic acids is 1. The topological polar surface area (TPSA) is 125 Å². The molecule has 0 radical (unpaired) electrons. The number of aliphatic carboxylic acids is 1. The number of rotatable bonds is 12. The number of nitrogens with zero attached hydrogens (tertiary/aromatic N) is 1. The standard InChI is InChI=1S/C28H38N4O4/c29-18-23-11-13-24(14-12-23)19-30-27(35)25(17-22-9-5-2-6-10-22)31-28(36)32(20-26(33)34)16-15-21-7-3-1-4-8-21/h2,5-6,9-14,21,25H,1,3-4,7-8,15-20,29H2,(H,30,35)(H,31,36)(H,33,34)/t25-/m0/s1. The van der Waals surface area contributed by atoms with E-state index in [1.807, 2.05) is 54.6 Å². The Morgan fingerprint density at radius 1 is 0.944 bits per heavy atom. The summed E-state index contributed by atoms with van der Waals surface area (Å²) < 4.78 is 0. The largest absolute Gasteiger partial charge is 0.480 e. The van der Waals surface area contributed by atoms with Crippen molar-refractivity contribution in [2.75, 3.05) is 13.1 Å². The highest BCUT2D eigenvalue weighted by molar-refractivity contribution is 5.88. The molecule has 0 saturated heterocycles. The number of carbonyl (C=O) groups excluding carboxylic acids is 2. The van der Waals surface area contributed by atoms with Crippen molar-refractivity contribution in [3.05, 3.63) is 71.3 Å². The SMILES string of the molecule is NCc1ccc(CNC(=O)[C@H](Cc2ccccc2)NC(=O)N(CCC2CCCCC2)CC(=O)O)cc1. The molecule has 8 heteroatoms. The molecule has 0 heterocycles. The van der Waals surface area contributed by atoms with Crippen molar-refractivity contribution in [2.45, 2.75) is 64.1 Å². The van der Waals surface area contributed by atoms with Crippen LogP contribution in [-0.4, -0.2) is 47.0 Å². The Morgan fingerprint density at radius 2 is 1.61 bits per heavy atom. The molecule has 36 heavy (non-hydrogen) atoms. The fourth-order valence-corrected chi connectivity index (χ4v) is 4.63. The first kappa shape index (κ1) is 27.2. The van der Waals surface area contributed by atoms with Gasteiger partial charge in [-0.15, -0.1) is 0 Å². The third-order valence-electron chi connectivity index (χ3n) is 6.77. The number of amides is 3. The maximum Gasteiger partial charge on any atom is 0.323 e. The van der Waals surface area contributed by atoms with E-state index < -0.39 is 24.6 Å². The van der Waals surface area contributed by atoms with Crippen LogP contribution in [0, 0.1) is 5.92 Å². The van der Waals surface area contributed by atoms with Crippen LogP contribution in [0.1, 0.15) is 55.2 Å². The van der Waals surface area contributed by atoms with Gasteiger partial charge < -0.3 is 26.4 Å². The fraction of sp³-hybridized carbons (Fsp3) is 0.464. The van der Waals surface area contributed by atoms with Crippen LogP contribution in [-0.2, 0) is 29.1 Å². The lowest BCUT2D eigenvalue weighted by Gasteiger charge is -2.28. The Labute approximate surface area is 213 Å². The average Bonchev–Trinajstić information content (AvgIpc) is 2.90. The number of benzene rings is 2. The number of carbonyl (C=O) groups is 3. The smallest absolute Gasteiger partial charge is 0.323 e. The van der Waals surface area contributed by atoms with Crippen molar-refractivity contribution < 1.29 is 19.5 Å². The van der Waals surface area contributed by atoms with Crippen LogP contribution in [0.4, 0.5) is 4.79 Å². The summed E-state index contributed by atoms with van der Waals surface area (Å²) in [5, 5.41) is 15.1. The summed E-state index contributed by atoms with van der Waals surface area (Å²) in [5.74, 6) is -0.881. The lowest BCUT2D eigenvalue weighted by atomic mass is 9.87. The molecule has 1 aliphatic rings. The number of nitrogens with two attached hydrogens (primary N) is 1. The van der Waals surface area contributed by atoms with Crippen molar-refractivity contribution in [1.29, 1.82) is 0 Å². The summed E-state index contributed by atoms with van der Waals surface area (Å²) in [4.78, 5) is 39.1. The first-order chi connectivity index (χ1) is 17.4. The quantitative estimate of drug-likeness (QED) is 0.360. The van der Waals surface area contributed by atoms with Gasteiger partial charge in [0.05, 0.1) is 0 Å². The predicted octanol–water partition coefficient (Wildman–Crippen LogP) is 3.44. The Kier molecular flexibility index (Phi) is 10.8. The van der Waals surface area contributed by atoms with Gasteiger partial charge in [0.25, 0.3) is 0 Å². The molecule has 0 unspecified atom stereocenters. The highest BCUT2D eigenvalue weighted by Crippen LogP contribution is 2.26. The highest BCUT2D eigenvalue weighted by atomic mass is 16.4. The fourth-order valence-electron chi connectivity index (χ4n) is 4.63. The summed E-state index contributed by atoms with van der Waals surface area (Å²) in [7, 11) is 0. The molecule has 1 saturated carbocycles. The van der Waals surface area contributed by atoms with Gasteiger partial charge in [0.15, 0.2) is 0 Å². The van der Waals surface area contributed by atoms with Crippen molar-refractivity contribution >= 4 is 17.9 Å². The monoisotopic (exact) mass is 494 g/mol. The molecule has 0 bridgehead atoms. The Morgan fingerprint density at radius 3 is 2.25 bits per heavy atom. The Hall–Kier alpha value is -3.39. The minimum absolute atomic E-state index is 0.300. The summed E-state index contributed by atoms with van der Waals surface area (Å²) >= 11 is 0. The zero-order valence-electron chi connectivity index (χ0n) is 20.8. The van der Waals surface area contributed by atoms with E-state index in [0.29, 0.717) is 32.0 Å². The number of urea groups is 1. The minimum atomic E-state index is -1.07. The van der Waals surface area contributed by atoms with Crippen molar-refractivity contribution in [1.82, 2.24) is 15.5 Å². The van der Waals surface area contributed by atoms with Crippen LogP contribution < -0.4 is 16.4 Å². The van der Waals surface area contributed by atoms with Gasteiger partial charge in [-0.05, 0) is 29.0 Å². The molecule has 0 aliphatic heterocycles. The molecule has 0 aromatic heterocycles. The molecule has 1 fully saturated rings. The minimum Gasteiger partial charge on any atom is -0.480 e. The van der Waals surface area contributed by atoms with E-state index in [-0.39, 0.29) is 5.91 Å². The second-order valence-electron chi connectivity index (χ2n) is 9.54. The van der Waals surface area contributed by atoms with E-state index in [4.69, 9.17) is 5.73 Å². The van der Waals surface area contributed by atoms with Gasteiger partial charge in [-0.25, -0.2) is 4.79 Å². The second-order valence-corrected chi connectivity index (χ2v) is 9.54. The molecular weight excluding hydrogens is 456 g/mol. The zero-order chi connectivity index (χ0) is 25.8. The summed E-state index contributed by atoms with van der Waals surface area (Å²) in [6, 6.07) is 15.7. The lowest BCUT2D eigenvalue weighted by molar-refractivity contribution is -0.137. The molecule has 194 valence electrons. The van der Waals surface area contributed by atoms with E-state index in [9.17, 15) is 19.5 Å². The first-order valence-electron chi connectivity index (χ1n) is 12.8. The zero-order valence-corrected chi connectivity index (χ0v) is 20.8. The van der Waals surface area contributed by atoms with E-state index in [1.165, 1.54) is 24.2 Å². The maximum atomic E-state index is 13.2. The van der Waals surface area contributed by atoms with Gasteiger partial charge in [0, 0.05) is 26.1 Å². The van der Waals surface area contributed by atoms with Gasteiger partial charge in [0.2, 0.25) is 5.91 Å². The number of hydrogen-bond donors (Lipinski definition) is 4. The Balaban J connectivity index is 1.66.